The summed E-state index contributed by atoms with van der Waals surface area (Å²) in [4.78, 5) is 25.8. The van der Waals surface area contributed by atoms with E-state index in [-0.39, 0.29) is 11.9 Å². The molecule has 0 saturated carbocycles. The highest BCUT2D eigenvalue weighted by Crippen LogP contribution is 2.42. The van der Waals surface area contributed by atoms with Crippen LogP contribution in [0.25, 0.3) is 0 Å². The van der Waals surface area contributed by atoms with Crippen molar-refractivity contribution in [3.63, 3.8) is 0 Å². The van der Waals surface area contributed by atoms with E-state index in [9.17, 15) is 4.79 Å². The maximum Gasteiger partial charge on any atom is 0.223 e. The first kappa shape index (κ1) is 23.6. The minimum atomic E-state index is -0.127. The zero-order valence-corrected chi connectivity index (χ0v) is 21.3. The third-order valence-electron chi connectivity index (χ3n) is 6.18. The van der Waals surface area contributed by atoms with Crippen LogP contribution in [0.4, 0.5) is 0 Å². The van der Waals surface area contributed by atoms with E-state index in [4.69, 9.17) is 9.47 Å². The molecule has 0 N–H and O–H groups in total. The number of hydrogen-bond donors (Lipinski definition) is 0. The van der Waals surface area contributed by atoms with Crippen LogP contribution in [-0.2, 0) is 17.6 Å². The van der Waals surface area contributed by atoms with Gasteiger partial charge in [0.1, 0.15) is 0 Å². The molecule has 2 aromatic heterocycles. The van der Waals surface area contributed by atoms with Crippen LogP contribution < -0.4 is 9.47 Å². The Hall–Kier alpha value is -2.58. The summed E-state index contributed by atoms with van der Waals surface area (Å²) in [5.41, 5.74) is 5.28. The van der Waals surface area contributed by atoms with Gasteiger partial charge in [0.2, 0.25) is 5.91 Å². The number of nitrogens with zero attached hydrogens (tertiary/aromatic N) is 3. The highest BCUT2D eigenvalue weighted by molar-refractivity contribution is 7.98. The highest BCUT2D eigenvalue weighted by Gasteiger charge is 2.33. The minimum Gasteiger partial charge on any atom is -0.493 e. The van der Waals surface area contributed by atoms with E-state index >= 15 is 0 Å². The first-order valence-corrected chi connectivity index (χ1v) is 13.0. The number of rotatable bonds is 7. The Kier molecular flexibility index (Phi) is 7.24. The average molecular weight is 484 g/mol. The second kappa shape index (κ2) is 10.1. The number of thioether (sulfide) groups is 1. The quantitative estimate of drug-likeness (QED) is 0.348. The maximum absolute atomic E-state index is 13.5. The maximum atomic E-state index is 13.5. The fraction of sp³-hybridized carbons (Fsp3) is 0.400. The van der Waals surface area contributed by atoms with E-state index in [1.54, 1.807) is 25.6 Å². The molecule has 1 aliphatic heterocycles. The molecular formula is C25H29N3O3S2. The van der Waals surface area contributed by atoms with Crippen LogP contribution >= 0.6 is 23.1 Å². The summed E-state index contributed by atoms with van der Waals surface area (Å²) in [5, 5.41) is 2.83. The van der Waals surface area contributed by atoms with Crippen LogP contribution in [0.3, 0.4) is 0 Å². The number of hydrogen-bond acceptors (Lipinski definition) is 7. The average Bonchev–Trinajstić information content (AvgIpc) is 3.35. The summed E-state index contributed by atoms with van der Waals surface area (Å²) in [5.74, 6) is 1.55. The van der Waals surface area contributed by atoms with Crippen molar-refractivity contribution < 1.29 is 14.3 Å². The van der Waals surface area contributed by atoms with Gasteiger partial charge in [-0.25, -0.2) is 9.97 Å². The number of benzene rings is 1. The summed E-state index contributed by atoms with van der Waals surface area (Å²) >= 11 is 3.21. The molecule has 0 radical (unpaired) electrons. The summed E-state index contributed by atoms with van der Waals surface area (Å²) in [7, 11) is 3.30. The van der Waals surface area contributed by atoms with E-state index in [1.165, 1.54) is 17.3 Å². The molecule has 0 spiro atoms. The smallest absolute Gasteiger partial charge is 0.223 e. The number of aryl methyl sites for hydroxylation is 2. The van der Waals surface area contributed by atoms with E-state index in [0.717, 1.165) is 44.7 Å². The standard InChI is InChI=1S/C25H29N3O3S2/c1-15-18(16(2)27-25(26-15)32-5)8-9-23(29)28-11-10-17-13-20(30-3)21(31-4)14-19(17)24(28)22-7-6-12-33-22/h6-7,12-14,24H,8-11H2,1-5H3. The van der Waals surface area contributed by atoms with Crippen molar-refractivity contribution in [2.24, 2.45) is 0 Å². The van der Waals surface area contributed by atoms with Crippen LogP contribution in [0, 0.1) is 13.8 Å². The molecule has 1 aromatic carbocycles. The topological polar surface area (TPSA) is 64.6 Å². The minimum absolute atomic E-state index is 0.127. The number of thiophene rings is 1. The van der Waals surface area contributed by atoms with Crippen molar-refractivity contribution in [3.05, 3.63) is 62.6 Å². The van der Waals surface area contributed by atoms with Gasteiger partial charge in [-0.05, 0) is 73.2 Å². The number of fused-ring (bicyclic) bond motifs is 1. The number of methoxy groups -OCH3 is 2. The third-order valence-corrected chi connectivity index (χ3v) is 7.65. The van der Waals surface area contributed by atoms with Crippen molar-refractivity contribution in [1.29, 1.82) is 0 Å². The molecule has 33 heavy (non-hydrogen) atoms. The number of ether oxygens (including phenoxy) is 2. The third kappa shape index (κ3) is 4.73. The molecule has 4 rings (SSSR count). The first-order valence-electron chi connectivity index (χ1n) is 10.9. The van der Waals surface area contributed by atoms with Crippen molar-refractivity contribution in [1.82, 2.24) is 14.9 Å². The number of carbonyl (C=O) groups excluding carboxylic acids is 1. The van der Waals surface area contributed by atoms with Crippen LogP contribution in [0.1, 0.15) is 45.4 Å². The van der Waals surface area contributed by atoms with Gasteiger partial charge in [0, 0.05) is 29.2 Å². The molecule has 1 amide bonds. The van der Waals surface area contributed by atoms with Gasteiger partial charge in [0.05, 0.1) is 20.3 Å². The summed E-state index contributed by atoms with van der Waals surface area (Å²) in [6.45, 7) is 4.67. The Morgan fingerprint density at radius 2 is 1.88 bits per heavy atom. The Balaban J connectivity index is 1.63. The second-order valence-corrected chi connectivity index (χ2v) is 9.77. The van der Waals surface area contributed by atoms with Gasteiger partial charge < -0.3 is 14.4 Å². The van der Waals surface area contributed by atoms with E-state index < -0.39 is 0 Å². The van der Waals surface area contributed by atoms with Gasteiger partial charge in [0.15, 0.2) is 16.7 Å². The van der Waals surface area contributed by atoms with Gasteiger partial charge in [-0.1, -0.05) is 17.8 Å². The molecule has 3 aromatic rings. The highest BCUT2D eigenvalue weighted by atomic mass is 32.2. The number of amides is 1. The van der Waals surface area contributed by atoms with Crippen LogP contribution in [0.15, 0.2) is 34.8 Å². The predicted octanol–water partition coefficient (Wildman–Crippen LogP) is 5.00. The molecule has 0 bridgehead atoms. The molecule has 3 heterocycles. The van der Waals surface area contributed by atoms with Gasteiger partial charge in [-0.3, -0.25) is 4.79 Å². The Morgan fingerprint density at radius 3 is 2.48 bits per heavy atom. The van der Waals surface area contributed by atoms with Crippen molar-refractivity contribution in [2.75, 3.05) is 27.0 Å². The molecule has 0 saturated heterocycles. The Labute approximate surface area is 203 Å². The predicted molar refractivity (Wildman–Crippen MR) is 133 cm³/mol. The molecule has 0 fully saturated rings. The van der Waals surface area contributed by atoms with E-state index in [1.807, 2.05) is 43.2 Å². The molecule has 1 atom stereocenters. The molecule has 1 aliphatic rings. The molecular weight excluding hydrogens is 454 g/mol. The van der Waals surface area contributed by atoms with Gasteiger partial charge >= 0.3 is 0 Å². The second-order valence-electron chi connectivity index (χ2n) is 8.02. The zero-order valence-electron chi connectivity index (χ0n) is 19.7. The Bertz CT molecular complexity index is 1130. The number of carbonyl (C=O) groups is 1. The SMILES string of the molecule is COc1cc2c(cc1OC)C(c1cccs1)N(C(=O)CCc1c(C)nc(SC)nc1C)CC2. The lowest BCUT2D eigenvalue weighted by Gasteiger charge is -2.37. The molecule has 1 unspecified atom stereocenters. The van der Waals surface area contributed by atoms with Gasteiger partial charge in [-0.15, -0.1) is 11.3 Å². The molecule has 6 nitrogen and oxygen atoms in total. The van der Waals surface area contributed by atoms with Crippen molar-refractivity contribution in [3.8, 4) is 11.5 Å². The van der Waals surface area contributed by atoms with Crippen LogP contribution in [0.2, 0.25) is 0 Å². The lowest BCUT2D eigenvalue weighted by molar-refractivity contribution is -0.133. The molecule has 0 aliphatic carbocycles. The normalized spacial score (nSPS) is 15.3. The van der Waals surface area contributed by atoms with E-state index in [0.29, 0.717) is 25.1 Å². The fourth-order valence-corrected chi connectivity index (χ4v) is 5.82. The van der Waals surface area contributed by atoms with Gasteiger partial charge in [0.25, 0.3) is 0 Å². The lowest BCUT2D eigenvalue weighted by atomic mass is 9.90. The van der Waals surface area contributed by atoms with Crippen molar-refractivity contribution >= 4 is 29.0 Å². The summed E-state index contributed by atoms with van der Waals surface area (Å²) in [6, 6.07) is 8.09. The Morgan fingerprint density at radius 1 is 1.18 bits per heavy atom. The summed E-state index contributed by atoms with van der Waals surface area (Å²) < 4.78 is 11.1. The lowest BCUT2D eigenvalue weighted by Crippen LogP contribution is -2.40. The first-order chi connectivity index (χ1) is 16.0. The number of aromatic nitrogens is 2. The fourth-order valence-electron chi connectivity index (χ4n) is 4.51. The molecule has 8 heteroatoms. The van der Waals surface area contributed by atoms with Crippen molar-refractivity contribution in [2.45, 2.75) is 44.3 Å². The monoisotopic (exact) mass is 483 g/mol. The zero-order chi connectivity index (χ0) is 23.5. The largest absolute Gasteiger partial charge is 0.493 e. The van der Waals surface area contributed by atoms with Crippen LogP contribution in [-0.4, -0.2) is 47.8 Å². The van der Waals surface area contributed by atoms with Crippen LogP contribution in [0.5, 0.6) is 11.5 Å². The van der Waals surface area contributed by atoms with Gasteiger partial charge in [-0.2, -0.15) is 0 Å². The van der Waals surface area contributed by atoms with E-state index in [2.05, 4.69) is 21.4 Å². The molecule has 174 valence electrons. The summed E-state index contributed by atoms with van der Waals surface area (Å²) in [6.07, 6.45) is 3.82.